The van der Waals surface area contributed by atoms with Crippen LogP contribution in [0.15, 0.2) is 54.6 Å². The monoisotopic (exact) mass is 311 g/mol. The number of hydrogen-bond donors (Lipinski definition) is 1. The van der Waals surface area contributed by atoms with Gasteiger partial charge in [0.05, 0.1) is 6.61 Å². The van der Waals surface area contributed by atoms with E-state index < -0.39 is 0 Å². The molecule has 2 rings (SSSR count). The van der Waals surface area contributed by atoms with Crippen LogP contribution in [0.25, 0.3) is 0 Å². The third-order valence-corrected chi connectivity index (χ3v) is 3.93. The second-order valence-electron chi connectivity index (χ2n) is 5.97. The number of ether oxygens (including phenoxy) is 1. The number of rotatable bonds is 11. The Bertz CT molecular complexity index is 539. The minimum Gasteiger partial charge on any atom is -0.494 e. The van der Waals surface area contributed by atoms with E-state index in [0.717, 1.165) is 38.3 Å². The van der Waals surface area contributed by atoms with Gasteiger partial charge in [-0.2, -0.15) is 0 Å². The predicted molar refractivity (Wildman–Crippen MR) is 97.9 cm³/mol. The third kappa shape index (κ3) is 7.34. The summed E-state index contributed by atoms with van der Waals surface area (Å²) in [7, 11) is 0. The summed E-state index contributed by atoms with van der Waals surface area (Å²) in [5.74, 6) is 0.990. The van der Waals surface area contributed by atoms with Crippen molar-refractivity contribution in [3.05, 3.63) is 65.7 Å². The molecular weight excluding hydrogens is 282 g/mol. The molecule has 23 heavy (non-hydrogen) atoms. The van der Waals surface area contributed by atoms with Crippen molar-refractivity contribution in [2.75, 3.05) is 13.2 Å². The zero-order valence-corrected chi connectivity index (χ0v) is 14.3. The molecule has 2 aromatic carbocycles. The summed E-state index contributed by atoms with van der Waals surface area (Å²) in [5.41, 5.74) is 2.66. The molecule has 0 aliphatic rings. The summed E-state index contributed by atoms with van der Waals surface area (Å²) >= 11 is 0. The van der Waals surface area contributed by atoms with Gasteiger partial charge in [-0.15, -0.1) is 0 Å². The highest BCUT2D eigenvalue weighted by Crippen LogP contribution is 2.14. The Hall–Kier alpha value is -1.80. The van der Waals surface area contributed by atoms with Crippen LogP contribution in [0, 0.1) is 0 Å². The van der Waals surface area contributed by atoms with E-state index in [1.54, 1.807) is 0 Å². The van der Waals surface area contributed by atoms with Gasteiger partial charge < -0.3 is 10.1 Å². The first-order valence-electron chi connectivity index (χ1n) is 8.85. The third-order valence-electron chi connectivity index (χ3n) is 3.93. The molecule has 0 radical (unpaired) electrons. The van der Waals surface area contributed by atoms with E-state index in [-0.39, 0.29) is 0 Å². The molecule has 0 unspecified atom stereocenters. The first-order chi connectivity index (χ1) is 11.4. The molecule has 0 atom stereocenters. The Labute approximate surface area is 140 Å². The van der Waals surface area contributed by atoms with Crippen molar-refractivity contribution in [2.45, 2.75) is 45.6 Å². The van der Waals surface area contributed by atoms with Crippen LogP contribution in [-0.4, -0.2) is 13.2 Å². The minimum absolute atomic E-state index is 0.824. The van der Waals surface area contributed by atoms with Gasteiger partial charge in [0.15, 0.2) is 0 Å². The van der Waals surface area contributed by atoms with Crippen molar-refractivity contribution in [2.24, 2.45) is 0 Å². The highest BCUT2D eigenvalue weighted by atomic mass is 16.5. The Morgan fingerprint density at radius 3 is 2.52 bits per heavy atom. The van der Waals surface area contributed by atoms with Crippen LogP contribution in [0.1, 0.15) is 43.7 Å². The Balaban J connectivity index is 1.66. The maximum atomic E-state index is 5.84. The van der Waals surface area contributed by atoms with Crippen LogP contribution in [0.5, 0.6) is 5.75 Å². The van der Waals surface area contributed by atoms with Gasteiger partial charge >= 0.3 is 0 Å². The minimum atomic E-state index is 0.824. The molecule has 0 amide bonds. The standard InChI is InChI=1S/C21H29NO/c1-2-3-4-8-16-23-21-13-9-12-20(17-21)18-22-15-14-19-10-6-5-7-11-19/h5-7,9-13,17,22H,2-4,8,14-16,18H2,1H3. The zero-order valence-electron chi connectivity index (χ0n) is 14.3. The van der Waals surface area contributed by atoms with Gasteiger partial charge in [-0.25, -0.2) is 0 Å². The molecule has 0 aromatic heterocycles. The second kappa shape index (κ2) is 10.8. The molecule has 2 aromatic rings. The maximum absolute atomic E-state index is 5.84. The predicted octanol–water partition coefficient (Wildman–Crippen LogP) is 4.98. The fourth-order valence-corrected chi connectivity index (χ4v) is 2.57. The average molecular weight is 311 g/mol. The number of hydrogen-bond acceptors (Lipinski definition) is 2. The van der Waals surface area contributed by atoms with Crippen LogP contribution < -0.4 is 10.1 Å². The molecule has 0 bridgehead atoms. The molecule has 124 valence electrons. The summed E-state index contributed by atoms with van der Waals surface area (Å²) in [6, 6.07) is 19.0. The summed E-state index contributed by atoms with van der Waals surface area (Å²) < 4.78 is 5.84. The van der Waals surface area contributed by atoms with Gasteiger partial charge in [-0.3, -0.25) is 0 Å². The average Bonchev–Trinajstić information content (AvgIpc) is 2.60. The van der Waals surface area contributed by atoms with Crippen molar-refractivity contribution in [1.82, 2.24) is 5.32 Å². The van der Waals surface area contributed by atoms with E-state index in [1.807, 2.05) is 6.07 Å². The molecule has 0 heterocycles. The second-order valence-corrected chi connectivity index (χ2v) is 5.97. The molecule has 0 aliphatic carbocycles. The van der Waals surface area contributed by atoms with E-state index in [1.165, 1.54) is 30.4 Å². The maximum Gasteiger partial charge on any atom is 0.119 e. The van der Waals surface area contributed by atoms with E-state index in [9.17, 15) is 0 Å². The van der Waals surface area contributed by atoms with Gasteiger partial charge in [0.1, 0.15) is 5.75 Å². The van der Waals surface area contributed by atoms with Gasteiger partial charge in [0.25, 0.3) is 0 Å². The lowest BCUT2D eigenvalue weighted by atomic mass is 10.1. The fraction of sp³-hybridized carbons (Fsp3) is 0.429. The van der Waals surface area contributed by atoms with E-state index in [2.05, 4.69) is 60.8 Å². The van der Waals surface area contributed by atoms with E-state index >= 15 is 0 Å². The lowest BCUT2D eigenvalue weighted by Gasteiger charge is -2.09. The van der Waals surface area contributed by atoms with Crippen molar-refractivity contribution in [1.29, 1.82) is 0 Å². The lowest BCUT2D eigenvalue weighted by Crippen LogP contribution is -2.16. The normalized spacial score (nSPS) is 10.7. The fourth-order valence-electron chi connectivity index (χ4n) is 2.57. The van der Waals surface area contributed by atoms with Crippen molar-refractivity contribution >= 4 is 0 Å². The molecule has 0 spiro atoms. The van der Waals surface area contributed by atoms with Crippen LogP contribution in [0.2, 0.25) is 0 Å². The molecule has 0 aliphatic heterocycles. The Morgan fingerprint density at radius 2 is 1.70 bits per heavy atom. The van der Waals surface area contributed by atoms with Gasteiger partial charge in [-0.1, -0.05) is 68.7 Å². The van der Waals surface area contributed by atoms with Crippen LogP contribution in [0.4, 0.5) is 0 Å². The highest BCUT2D eigenvalue weighted by Gasteiger charge is 1.98. The van der Waals surface area contributed by atoms with Crippen molar-refractivity contribution in [3.63, 3.8) is 0 Å². The van der Waals surface area contributed by atoms with Gasteiger partial charge in [-0.05, 0) is 42.6 Å². The number of unbranched alkanes of at least 4 members (excludes halogenated alkanes) is 3. The van der Waals surface area contributed by atoms with Crippen LogP contribution in [0.3, 0.4) is 0 Å². The summed E-state index contributed by atoms with van der Waals surface area (Å²) in [6.07, 6.45) is 6.04. The first kappa shape index (κ1) is 17.6. The zero-order chi connectivity index (χ0) is 16.2. The van der Waals surface area contributed by atoms with Gasteiger partial charge in [0.2, 0.25) is 0 Å². The van der Waals surface area contributed by atoms with E-state index in [0.29, 0.717) is 0 Å². The Morgan fingerprint density at radius 1 is 0.870 bits per heavy atom. The quantitative estimate of drug-likeness (QED) is 0.591. The van der Waals surface area contributed by atoms with Gasteiger partial charge in [0, 0.05) is 6.54 Å². The van der Waals surface area contributed by atoms with Crippen LogP contribution in [-0.2, 0) is 13.0 Å². The molecule has 2 heteroatoms. The van der Waals surface area contributed by atoms with Crippen molar-refractivity contribution in [3.8, 4) is 5.75 Å². The molecule has 0 saturated carbocycles. The number of nitrogens with one attached hydrogen (secondary N) is 1. The molecule has 1 N–H and O–H groups in total. The summed E-state index contributed by atoms with van der Waals surface area (Å²) in [4.78, 5) is 0. The molecule has 2 nitrogen and oxygen atoms in total. The summed E-state index contributed by atoms with van der Waals surface area (Å²) in [6.45, 7) is 4.94. The first-order valence-corrected chi connectivity index (χ1v) is 8.85. The Kier molecular flexibility index (Phi) is 8.28. The van der Waals surface area contributed by atoms with Crippen LogP contribution >= 0.6 is 0 Å². The number of benzene rings is 2. The van der Waals surface area contributed by atoms with Crippen molar-refractivity contribution < 1.29 is 4.74 Å². The largest absolute Gasteiger partial charge is 0.494 e. The SMILES string of the molecule is CCCCCCOc1cccc(CNCCc2ccccc2)c1. The molecular formula is C21H29NO. The smallest absolute Gasteiger partial charge is 0.119 e. The van der Waals surface area contributed by atoms with E-state index in [4.69, 9.17) is 4.74 Å². The molecule has 0 saturated heterocycles. The summed E-state index contributed by atoms with van der Waals surface area (Å²) in [5, 5.41) is 3.51. The topological polar surface area (TPSA) is 21.3 Å². The lowest BCUT2D eigenvalue weighted by molar-refractivity contribution is 0.304. The highest BCUT2D eigenvalue weighted by molar-refractivity contribution is 5.28. The molecule has 0 fully saturated rings.